The number of carbonyl (C=O) groups excluding carboxylic acids is 1. The standard InChI is InChI=1S/C15H15ClN2O2/c1-18(2)15(19)20-14(13-5-3-4-10-17-13)11-6-8-12(16)9-7-11/h3-10,14H,1-2H3/t14-/m0/s1. The third-order valence-electron chi connectivity index (χ3n) is 2.71. The summed E-state index contributed by atoms with van der Waals surface area (Å²) >= 11 is 5.89. The van der Waals surface area contributed by atoms with Crippen molar-refractivity contribution < 1.29 is 9.53 Å². The smallest absolute Gasteiger partial charge is 0.410 e. The van der Waals surface area contributed by atoms with E-state index in [0.717, 1.165) is 5.56 Å². The SMILES string of the molecule is CN(C)C(=O)O[C@@H](c1ccc(Cl)cc1)c1ccccn1. The summed E-state index contributed by atoms with van der Waals surface area (Å²) in [5, 5.41) is 0.632. The van der Waals surface area contributed by atoms with E-state index in [2.05, 4.69) is 4.98 Å². The Kier molecular flexibility index (Phi) is 4.58. The normalized spacial score (nSPS) is 11.8. The molecule has 0 aliphatic rings. The van der Waals surface area contributed by atoms with Crippen molar-refractivity contribution in [1.29, 1.82) is 0 Å². The van der Waals surface area contributed by atoms with Crippen molar-refractivity contribution in [3.8, 4) is 0 Å². The summed E-state index contributed by atoms with van der Waals surface area (Å²) in [4.78, 5) is 17.5. The highest BCUT2D eigenvalue weighted by atomic mass is 35.5. The lowest BCUT2D eigenvalue weighted by molar-refractivity contribution is 0.0893. The molecule has 1 aromatic heterocycles. The molecule has 2 aromatic rings. The summed E-state index contributed by atoms with van der Waals surface area (Å²) in [7, 11) is 3.28. The Morgan fingerprint density at radius 3 is 2.45 bits per heavy atom. The largest absolute Gasteiger partial charge is 0.435 e. The minimum Gasteiger partial charge on any atom is -0.435 e. The zero-order chi connectivity index (χ0) is 14.5. The fraction of sp³-hybridized carbons (Fsp3) is 0.200. The first kappa shape index (κ1) is 14.3. The van der Waals surface area contributed by atoms with Gasteiger partial charge in [0, 0.05) is 25.3 Å². The van der Waals surface area contributed by atoms with E-state index in [1.54, 1.807) is 32.4 Å². The van der Waals surface area contributed by atoms with Crippen LogP contribution in [0.25, 0.3) is 0 Å². The van der Waals surface area contributed by atoms with E-state index in [-0.39, 0.29) is 0 Å². The molecule has 1 amide bonds. The summed E-state index contributed by atoms with van der Waals surface area (Å²) in [6, 6.07) is 12.7. The van der Waals surface area contributed by atoms with Gasteiger partial charge in [-0.15, -0.1) is 0 Å². The van der Waals surface area contributed by atoms with Crippen molar-refractivity contribution in [2.75, 3.05) is 14.1 Å². The second-order valence-electron chi connectivity index (χ2n) is 4.46. The number of aromatic nitrogens is 1. The van der Waals surface area contributed by atoms with E-state index >= 15 is 0 Å². The number of nitrogens with zero attached hydrogens (tertiary/aromatic N) is 2. The van der Waals surface area contributed by atoms with Crippen molar-refractivity contribution >= 4 is 17.7 Å². The summed E-state index contributed by atoms with van der Waals surface area (Å²) in [5.41, 5.74) is 1.49. The molecule has 104 valence electrons. The van der Waals surface area contributed by atoms with E-state index in [4.69, 9.17) is 16.3 Å². The van der Waals surface area contributed by atoms with Crippen molar-refractivity contribution in [3.63, 3.8) is 0 Å². The fourth-order valence-corrected chi connectivity index (χ4v) is 1.80. The van der Waals surface area contributed by atoms with E-state index in [9.17, 15) is 4.79 Å². The molecule has 1 atom stereocenters. The molecular formula is C15H15ClN2O2. The fourth-order valence-electron chi connectivity index (χ4n) is 1.67. The third kappa shape index (κ3) is 3.48. The molecule has 0 saturated carbocycles. The zero-order valence-electron chi connectivity index (χ0n) is 11.3. The molecule has 1 heterocycles. The van der Waals surface area contributed by atoms with E-state index in [0.29, 0.717) is 10.7 Å². The molecule has 0 fully saturated rings. The van der Waals surface area contributed by atoms with Gasteiger partial charge in [-0.25, -0.2) is 4.79 Å². The van der Waals surface area contributed by atoms with Gasteiger partial charge in [-0.05, 0) is 29.8 Å². The molecule has 0 bridgehead atoms. The summed E-state index contributed by atoms with van der Waals surface area (Å²) in [6.45, 7) is 0. The first-order valence-electron chi connectivity index (χ1n) is 6.12. The Hall–Kier alpha value is -2.07. The maximum Gasteiger partial charge on any atom is 0.410 e. The van der Waals surface area contributed by atoms with Crippen molar-refractivity contribution in [2.24, 2.45) is 0 Å². The van der Waals surface area contributed by atoms with Gasteiger partial charge in [-0.3, -0.25) is 4.98 Å². The lowest BCUT2D eigenvalue weighted by Crippen LogP contribution is -2.25. The van der Waals surface area contributed by atoms with E-state index < -0.39 is 12.2 Å². The molecule has 0 aliphatic carbocycles. The average Bonchev–Trinajstić information content (AvgIpc) is 2.46. The monoisotopic (exact) mass is 290 g/mol. The number of hydrogen-bond donors (Lipinski definition) is 0. The molecule has 4 nitrogen and oxygen atoms in total. The minimum atomic E-state index is -0.552. The van der Waals surface area contributed by atoms with Crippen LogP contribution in [-0.2, 0) is 4.74 Å². The van der Waals surface area contributed by atoms with Crippen molar-refractivity contribution in [3.05, 3.63) is 64.9 Å². The molecule has 2 rings (SSSR count). The third-order valence-corrected chi connectivity index (χ3v) is 2.96. The van der Waals surface area contributed by atoms with Gasteiger partial charge in [0.25, 0.3) is 0 Å². The van der Waals surface area contributed by atoms with Crippen LogP contribution in [-0.4, -0.2) is 30.1 Å². The van der Waals surface area contributed by atoms with Crippen LogP contribution in [0.3, 0.4) is 0 Å². The Labute approximate surface area is 123 Å². The van der Waals surface area contributed by atoms with Crippen LogP contribution in [0, 0.1) is 0 Å². The highest BCUT2D eigenvalue weighted by Crippen LogP contribution is 2.26. The Morgan fingerprint density at radius 1 is 1.20 bits per heavy atom. The van der Waals surface area contributed by atoms with Gasteiger partial charge in [0.15, 0.2) is 6.10 Å². The second-order valence-corrected chi connectivity index (χ2v) is 4.90. The molecule has 0 spiro atoms. The van der Waals surface area contributed by atoms with Crippen LogP contribution in [0.15, 0.2) is 48.7 Å². The predicted molar refractivity (Wildman–Crippen MR) is 77.7 cm³/mol. The zero-order valence-corrected chi connectivity index (χ0v) is 12.0. The van der Waals surface area contributed by atoms with Gasteiger partial charge in [-0.2, -0.15) is 0 Å². The van der Waals surface area contributed by atoms with Crippen LogP contribution in [0.5, 0.6) is 0 Å². The van der Waals surface area contributed by atoms with Crippen LogP contribution in [0.4, 0.5) is 4.79 Å². The van der Waals surface area contributed by atoms with Crippen LogP contribution < -0.4 is 0 Å². The molecule has 0 radical (unpaired) electrons. The first-order chi connectivity index (χ1) is 9.58. The Morgan fingerprint density at radius 2 is 1.90 bits per heavy atom. The van der Waals surface area contributed by atoms with Crippen molar-refractivity contribution in [1.82, 2.24) is 9.88 Å². The highest BCUT2D eigenvalue weighted by Gasteiger charge is 2.21. The second kappa shape index (κ2) is 6.39. The topological polar surface area (TPSA) is 42.4 Å². The average molecular weight is 291 g/mol. The molecular weight excluding hydrogens is 276 g/mol. The first-order valence-corrected chi connectivity index (χ1v) is 6.50. The lowest BCUT2D eigenvalue weighted by Gasteiger charge is -2.20. The molecule has 0 saturated heterocycles. The lowest BCUT2D eigenvalue weighted by atomic mass is 10.1. The Bertz CT molecular complexity index is 570. The molecule has 0 aliphatic heterocycles. The number of rotatable bonds is 3. The summed E-state index contributed by atoms with van der Waals surface area (Å²) < 4.78 is 5.51. The number of halogens is 1. The number of ether oxygens (including phenoxy) is 1. The van der Waals surface area contributed by atoms with Crippen LogP contribution >= 0.6 is 11.6 Å². The molecule has 5 heteroatoms. The Balaban J connectivity index is 2.34. The van der Waals surface area contributed by atoms with Gasteiger partial charge in [0.2, 0.25) is 0 Å². The number of pyridine rings is 1. The molecule has 20 heavy (non-hydrogen) atoms. The number of carbonyl (C=O) groups is 1. The van der Waals surface area contributed by atoms with Gasteiger partial charge >= 0.3 is 6.09 Å². The van der Waals surface area contributed by atoms with Crippen molar-refractivity contribution in [2.45, 2.75) is 6.10 Å². The van der Waals surface area contributed by atoms with Gasteiger partial charge in [0.05, 0.1) is 5.69 Å². The van der Waals surface area contributed by atoms with Crippen LogP contribution in [0.1, 0.15) is 17.4 Å². The number of hydrogen-bond acceptors (Lipinski definition) is 3. The maximum atomic E-state index is 11.8. The van der Waals surface area contributed by atoms with Gasteiger partial charge in [-0.1, -0.05) is 29.8 Å². The molecule has 0 unspecified atom stereocenters. The molecule has 1 aromatic carbocycles. The maximum absolute atomic E-state index is 11.8. The summed E-state index contributed by atoms with van der Waals surface area (Å²) in [6.07, 6.45) is 0.695. The summed E-state index contributed by atoms with van der Waals surface area (Å²) in [5.74, 6) is 0. The van der Waals surface area contributed by atoms with Gasteiger partial charge in [0.1, 0.15) is 0 Å². The van der Waals surface area contributed by atoms with E-state index in [1.807, 2.05) is 30.3 Å². The van der Waals surface area contributed by atoms with Gasteiger partial charge < -0.3 is 9.64 Å². The van der Waals surface area contributed by atoms with Crippen LogP contribution in [0.2, 0.25) is 5.02 Å². The highest BCUT2D eigenvalue weighted by molar-refractivity contribution is 6.30. The molecule has 0 N–H and O–H groups in total. The quantitative estimate of drug-likeness (QED) is 0.868. The predicted octanol–water partition coefficient (Wildman–Crippen LogP) is 3.52. The number of amides is 1. The van der Waals surface area contributed by atoms with E-state index in [1.165, 1.54) is 4.90 Å². The minimum absolute atomic E-state index is 0.421. The number of benzene rings is 1.